The van der Waals surface area contributed by atoms with Crippen molar-refractivity contribution >= 4 is 41.4 Å². The molecule has 0 amide bonds. The molecule has 0 bridgehead atoms. The molecule has 0 saturated heterocycles. The number of nitrogens with one attached hydrogen (secondary N) is 1. The summed E-state index contributed by atoms with van der Waals surface area (Å²) in [7, 11) is 0. The number of aromatic amines is 1. The van der Waals surface area contributed by atoms with Crippen molar-refractivity contribution in [1.82, 2.24) is 14.9 Å². The van der Waals surface area contributed by atoms with Crippen molar-refractivity contribution in [3.8, 4) is 5.75 Å². The molecule has 0 saturated carbocycles. The molecule has 1 N–H and O–H groups in total. The van der Waals surface area contributed by atoms with Gasteiger partial charge in [-0.15, -0.1) is 11.3 Å². The Balaban J connectivity index is 1.47. The molecule has 0 aliphatic carbocycles. The lowest BCUT2D eigenvalue weighted by Crippen LogP contribution is -2.00. The number of benzene rings is 2. The van der Waals surface area contributed by atoms with Gasteiger partial charge in [0.25, 0.3) is 0 Å². The van der Waals surface area contributed by atoms with Crippen molar-refractivity contribution in [2.75, 3.05) is 0 Å². The first kappa shape index (κ1) is 19.6. The van der Waals surface area contributed by atoms with Gasteiger partial charge in [-0.25, -0.2) is 0 Å². The Labute approximate surface area is 182 Å². The van der Waals surface area contributed by atoms with Gasteiger partial charge in [-0.3, -0.25) is 5.10 Å². The smallest absolute Gasteiger partial charge is 0.216 e. The number of rotatable bonds is 7. The highest BCUT2D eigenvalue weighted by Gasteiger charge is 2.07. The number of ether oxygens (including phenoxy) is 1. The van der Waals surface area contributed by atoms with Crippen LogP contribution in [0.25, 0.3) is 0 Å². The van der Waals surface area contributed by atoms with Crippen LogP contribution in [0.5, 0.6) is 5.75 Å². The van der Waals surface area contributed by atoms with Crippen LogP contribution in [0.3, 0.4) is 0 Å². The van der Waals surface area contributed by atoms with Gasteiger partial charge >= 0.3 is 0 Å². The average molecular weight is 441 g/mol. The predicted octanol–water partition coefficient (Wildman–Crippen LogP) is 5.71. The quantitative estimate of drug-likeness (QED) is 0.296. The van der Waals surface area contributed by atoms with Crippen LogP contribution in [-0.2, 0) is 13.0 Å². The van der Waals surface area contributed by atoms with Crippen LogP contribution in [0, 0.1) is 4.77 Å². The molecule has 0 unspecified atom stereocenters. The van der Waals surface area contributed by atoms with Crippen molar-refractivity contribution in [3.63, 3.8) is 0 Å². The van der Waals surface area contributed by atoms with Gasteiger partial charge in [0, 0.05) is 11.3 Å². The van der Waals surface area contributed by atoms with Gasteiger partial charge in [-0.2, -0.15) is 14.9 Å². The van der Waals surface area contributed by atoms with Crippen LogP contribution < -0.4 is 4.74 Å². The Bertz CT molecular complexity index is 1170. The summed E-state index contributed by atoms with van der Waals surface area (Å²) in [5.74, 6) is 1.38. The van der Waals surface area contributed by atoms with E-state index in [2.05, 4.69) is 21.4 Å². The average Bonchev–Trinajstić information content (AvgIpc) is 3.37. The normalized spacial score (nSPS) is 11.2. The molecule has 8 heteroatoms. The minimum absolute atomic E-state index is 0.446. The first-order chi connectivity index (χ1) is 14.2. The molecule has 2 aromatic carbocycles. The van der Waals surface area contributed by atoms with Crippen molar-refractivity contribution in [2.24, 2.45) is 5.10 Å². The second-order valence-corrected chi connectivity index (χ2v) is 8.05. The molecule has 4 rings (SSSR count). The van der Waals surface area contributed by atoms with E-state index >= 15 is 0 Å². The molecule has 146 valence electrons. The molecule has 0 atom stereocenters. The standard InChI is InChI=1S/C21H17ClN4OS2/c22-18-11-16(8-9-19(18)27-14-15-5-2-1-3-6-15)13-23-26-20(24-25-21(26)28)12-17-7-4-10-29-17/h1-11,13H,12,14H2,(H,25,28)/b23-13-. The molecule has 0 spiro atoms. The molecule has 0 aliphatic heterocycles. The molecule has 0 aliphatic rings. The second-order valence-electron chi connectivity index (χ2n) is 6.22. The van der Waals surface area contributed by atoms with Gasteiger partial charge in [0.05, 0.1) is 11.2 Å². The summed E-state index contributed by atoms with van der Waals surface area (Å²) >= 11 is 13.4. The highest BCUT2D eigenvalue weighted by atomic mass is 35.5. The lowest BCUT2D eigenvalue weighted by atomic mass is 10.2. The minimum atomic E-state index is 0.446. The summed E-state index contributed by atoms with van der Waals surface area (Å²) in [5, 5.41) is 14.1. The number of aromatic nitrogens is 3. The maximum Gasteiger partial charge on any atom is 0.216 e. The first-order valence-corrected chi connectivity index (χ1v) is 10.5. The van der Waals surface area contributed by atoms with Crippen molar-refractivity contribution in [1.29, 1.82) is 0 Å². The number of hydrogen-bond donors (Lipinski definition) is 1. The van der Waals surface area contributed by atoms with E-state index in [-0.39, 0.29) is 0 Å². The van der Waals surface area contributed by atoms with Crippen LogP contribution in [0.15, 0.2) is 71.1 Å². The van der Waals surface area contributed by atoms with Crippen molar-refractivity contribution in [2.45, 2.75) is 13.0 Å². The van der Waals surface area contributed by atoms with E-state index in [1.807, 2.05) is 60.0 Å². The summed E-state index contributed by atoms with van der Waals surface area (Å²) in [6.45, 7) is 0.463. The fourth-order valence-electron chi connectivity index (χ4n) is 2.70. The lowest BCUT2D eigenvalue weighted by molar-refractivity contribution is 0.306. The maximum absolute atomic E-state index is 6.38. The highest BCUT2D eigenvalue weighted by molar-refractivity contribution is 7.71. The van der Waals surface area contributed by atoms with Gasteiger partial charge in [-0.1, -0.05) is 48.0 Å². The number of H-pyrrole nitrogens is 1. The number of thiophene rings is 1. The SMILES string of the molecule is S=c1[nH]nc(Cc2cccs2)n1/N=C\c1ccc(OCc2ccccc2)c(Cl)c1. The third-order valence-corrected chi connectivity index (χ3v) is 5.58. The first-order valence-electron chi connectivity index (χ1n) is 8.88. The zero-order chi connectivity index (χ0) is 20.1. The summed E-state index contributed by atoms with van der Waals surface area (Å²) in [4.78, 5) is 1.19. The molecular formula is C21H17ClN4OS2. The Kier molecular flexibility index (Phi) is 6.19. The van der Waals surface area contributed by atoms with Crippen molar-refractivity contribution in [3.05, 3.63) is 97.7 Å². The Hall–Kier alpha value is -2.74. The van der Waals surface area contributed by atoms with Crippen LogP contribution in [-0.4, -0.2) is 21.1 Å². The molecule has 29 heavy (non-hydrogen) atoms. The van der Waals surface area contributed by atoms with E-state index in [1.165, 1.54) is 4.88 Å². The minimum Gasteiger partial charge on any atom is -0.487 e. The van der Waals surface area contributed by atoms with Gasteiger partial charge in [0.1, 0.15) is 12.4 Å². The predicted molar refractivity (Wildman–Crippen MR) is 120 cm³/mol. The van der Waals surface area contributed by atoms with Crippen LogP contribution in [0.2, 0.25) is 5.02 Å². The van der Waals surface area contributed by atoms with Gasteiger partial charge in [0.15, 0.2) is 5.82 Å². The van der Waals surface area contributed by atoms with Crippen molar-refractivity contribution < 1.29 is 4.74 Å². The second kappa shape index (κ2) is 9.17. The number of halogens is 1. The fraction of sp³-hybridized carbons (Fsp3) is 0.0952. The summed E-state index contributed by atoms with van der Waals surface area (Å²) in [5.41, 5.74) is 1.93. The Morgan fingerprint density at radius 2 is 2.03 bits per heavy atom. The third-order valence-electron chi connectivity index (χ3n) is 4.15. The van der Waals surface area contributed by atoms with E-state index < -0.39 is 0 Å². The summed E-state index contributed by atoms with van der Waals surface area (Å²) in [6.07, 6.45) is 2.37. The lowest BCUT2D eigenvalue weighted by Gasteiger charge is -2.08. The number of hydrogen-bond acceptors (Lipinski definition) is 5. The zero-order valence-corrected chi connectivity index (χ0v) is 17.7. The Morgan fingerprint density at radius 3 is 2.79 bits per heavy atom. The monoisotopic (exact) mass is 440 g/mol. The van der Waals surface area contributed by atoms with Gasteiger partial charge < -0.3 is 4.74 Å². The van der Waals surface area contributed by atoms with Crippen LogP contribution in [0.1, 0.15) is 21.8 Å². The van der Waals surface area contributed by atoms with Crippen LogP contribution >= 0.6 is 35.2 Å². The zero-order valence-electron chi connectivity index (χ0n) is 15.3. The molecule has 2 heterocycles. The molecule has 0 radical (unpaired) electrons. The van der Waals surface area contributed by atoms with E-state index in [0.717, 1.165) is 17.0 Å². The van der Waals surface area contributed by atoms with Gasteiger partial charge in [0.2, 0.25) is 4.77 Å². The van der Waals surface area contributed by atoms with E-state index in [0.29, 0.717) is 28.6 Å². The molecule has 2 aromatic heterocycles. The maximum atomic E-state index is 6.38. The highest BCUT2D eigenvalue weighted by Crippen LogP contribution is 2.26. The largest absolute Gasteiger partial charge is 0.487 e. The number of nitrogens with zero attached hydrogens (tertiary/aromatic N) is 3. The molecular weight excluding hydrogens is 424 g/mol. The molecule has 4 aromatic rings. The van der Waals surface area contributed by atoms with E-state index in [1.54, 1.807) is 22.2 Å². The van der Waals surface area contributed by atoms with E-state index in [9.17, 15) is 0 Å². The van der Waals surface area contributed by atoms with Gasteiger partial charge in [-0.05, 0) is 53.0 Å². The van der Waals surface area contributed by atoms with E-state index in [4.69, 9.17) is 28.6 Å². The summed E-state index contributed by atoms with van der Waals surface area (Å²) < 4.78 is 7.89. The van der Waals surface area contributed by atoms with Crippen LogP contribution in [0.4, 0.5) is 0 Å². The third kappa shape index (κ3) is 5.00. The Morgan fingerprint density at radius 1 is 1.17 bits per heavy atom. The fourth-order valence-corrected chi connectivity index (χ4v) is 3.84. The molecule has 5 nitrogen and oxygen atoms in total. The summed E-state index contributed by atoms with van der Waals surface area (Å²) in [6, 6.07) is 19.6. The molecule has 0 fully saturated rings. The topological polar surface area (TPSA) is 55.2 Å².